The maximum absolute atomic E-state index is 12.3. The fraction of sp³-hybridized carbons (Fsp3) is 0.286. The molecule has 2 atom stereocenters. The van der Waals surface area contributed by atoms with Gasteiger partial charge in [0.05, 0.1) is 14.2 Å². The summed E-state index contributed by atoms with van der Waals surface area (Å²) < 4.78 is 16.4. The van der Waals surface area contributed by atoms with E-state index < -0.39 is 11.7 Å². The molecule has 0 amide bonds. The van der Waals surface area contributed by atoms with E-state index in [1.165, 1.54) is 12.7 Å². The van der Waals surface area contributed by atoms with Crippen LogP contribution in [0.1, 0.15) is 29.0 Å². The Labute approximate surface area is 152 Å². The van der Waals surface area contributed by atoms with Crippen LogP contribution in [0.2, 0.25) is 0 Å². The number of ether oxygens (including phenoxy) is 3. The van der Waals surface area contributed by atoms with Crippen LogP contribution in [0.3, 0.4) is 0 Å². The van der Waals surface area contributed by atoms with Crippen LogP contribution in [0.15, 0.2) is 60.4 Å². The lowest BCUT2D eigenvalue weighted by atomic mass is 9.84. The van der Waals surface area contributed by atoms with E-state index >= 15 is 0 Å². The molecule has 2 unspecified atom stereocenters. The highest BCUT2D eigenvalue weighted by atomic mass is 16.6. The summed E-state index contributed by atoms with van der Waals surface area (Å²) in [7, 11) is 3.01. The van der Waals surface area contributed by atoms with Gasteiger partial charge in [-0.1, -0.05) is 36.4 Å². The fourth-order valence-corrected chi connectivity index (χ4v) is 3.79. The lowest BCUT2D eigenvalue weighted by molar-refractivity contribution is -0.147. The van der Waals surface area contributed by atoms with E-state index in [9.17, 15) is 4.79 Å². The Hall–Kier alpha value is -2.79. The summed E-state index contributed by atoms with van der Waals surface area (Å²) in [6.07, 6.45) is 2.52. The first-order chi connectivity index (χ1) is 12.6. The molecule has 0 fully saturated rings. The standard InChI is InChI=1S/C21H21NO4/c1-24-17-8-5-7-14(10-17)16-11-19(20(23)25-2)26-21(12-16)18-9-4-3-6-15(18)13-22-21/h3-11,16,22H,12-13H2,1-2H3. The average Bonchev–Trinajstić information content (AvgIpc) is 3.05. The number of hydrogen-bond donors (Lipinski definition) is 1. The van der Waals surface area contributed by atoms with E-state index in [2.05, 4.69) is 17.4 Å². The van der Waals surface area contributed by atoms with Crippen LogP contribution < -0.4 is 10.1 Å². The molecule has 1 spiro atoms. The third-order valence-electron chi connectivity index (χ3n) is 5.07. The number of carbonyl (C=O) groups is 1. The molecule has 5 nitrogen and oxygen atoms in total. The quantitative estimate of drug-likeness (QED) is 0.861. The number of esters is 1. The molecule has 2 aliphatic rings. The van der Waals surface area contributed by atoms with Gasteiger partial charge in [-0.2, -0.15) is 0 Å². The summed E-state index contributed by atoms with van der Waals surface area (Å²) in [6.45, 7) is 0.704. The third kappa shape index (κ3) is 2.74. The minimum absolute atomic E-state index is 0.00777. The van der Waals surface area contributed by atoms with Crippen LogP contribution >= 0.6 is 0 Å². The van der Waals surface area contributed by atoms with Crippen molar-refractivity contribution in [1.82, 2.24) is 5.32 Å². The highest BCUT2D eigenvalue weighted by Gasteiger charge is 2.46. The van der Waals surface area contributed by atoms with Crippen molar-refractivity contribution in [1.29, 1.82) is 0 Å². The first-order valence-corrected chi connectivity index (χ1v) is 8.62. The topological polar surface area (TPSA) is 56.8 Å². The van der Waals surface area contributed by atoms with E-state index in [1.54, 1.807) is 7.11 Å². The van der Waals surface area contributed by atoms with Crippen molar-refractivity contribution in [2.24, 2.45) is 0 Å². The van der Waals surface area contributed by atoms with Crippen LogP contribution in [0, 0.1) is 0 Å². The van der Waals surface area contributed by atoms with E-state index in [0.29, 0.717) is 13.0 Å². The molecule has 0 aromatic heterocycles. The van der Waals surface area contributed by atoms with Gasteiger partial charge in [0, 0.05) is 24.4 Å². The number of benzene rings is 2. The normalized spacial score (nSPS) is 23.8. The van der Waals surface area contributed by atoms with Gasteiger partial charge in [-0.3, -0.25) is 5.32 Å². The number of hydrogen-bond acceptors (Lipinski definition) is 5. The summed E-state index contributed by atoms with van der Waals surface area (Å²) in [5.41, 5.74) is 2.59. The molecule has 5 heteroatoms. The fourth-order valence-electron chi connectivity index (χ4n) is 3.79. The Balaban J connectivity index is 1.78. The molecule has 2 aromatic carbocycles. The minimum atomic E-state index is -0.734. The van der Waals surface area contributed by atoms with E-state index in [0.717, 1.165) is 16.9 Å². The van der Waals surface area contributed by atoms with Gasteiger partial charge in [-0.05, 0) is 29.3 Å². The third-order valence-corrected chi connectivity index (χ3v) is 5.07. The van der Waals surface area contributed by atoms with Gasteiger partial charge in [0.25, 0.3) is 0 Å². The van der Waals surface area contributed by atoms with Crippen LogP contribution in [0.25, 0.3) is 0 Å². The SMILES string of the molecule is COC(=O)C1=CC(c2cccc(OC)c2)CC2(NCc3ccccc32)O1. The molecule has 0 aliphatic carbocycles. The van der Waals surface area contributed by atoms with Gasteiger partial charge in [0.1, 0.15) is 5.75 Å². The van der Waals surface area contributed by atoms with E-state index in [1.807, 2.05) is 42.5 Å². The maximum Gasteiger partial charge on any atom is 0.373 e. The number of rotatable bonds is 3. The average molecular weight is 351 g/mol. The molecule has 26 heavy (non-hydrogen) atoms. The maximum atomic E-state index is 12.3. The molecule has 4 rings (SSSR count). The Bertz CT molecular complexity index is 876. The number of nitrogens with one attached hydrogen (secondary N) is 1. The molecule has 0 radical (unpaired) electrons. The van der Waals surface area contributed by atoms with Crippen molar-refractivity contribution >= 4 is 5.97 Å². The van der Waals surface area contributed by atoms with Crippen LogP contribution in [0.4, 0.5) is 0 Å². The largest absolute Gasteiger partial charge is 0.497 e. The smallest absolute Gasteiger partial charge is 0.373 e. The van der Waals surface area contributed by atoms with Gasteiger partial charge in [0.15, 0.2) is 5.72 Å². The number of methoxy groups -OCH3 is 2. The monoisotopic (exact) mass is 351 g/mol. The highest BCUT2D eigenvalue weighted by Crippen LogP contribution is 2.45. The zero-order chi connectivity index (χ0) is 18.1. The Morgan fingerprint density at radius 2 is 2.04 bits per heavy atom. The second kappa shape index (κ2) is 6.50. The molecule has 0 saturated heterocycles. The molecule has 1 N–H and O–H groups in total. The molecule has 0 saturated carbocycles. The molecule has 0 bridgehead atoms. The van der Waals surface area contributed by atoms with Crippen molar-refractivity contribution in [3.8, 4) is 5.75 Å². The first kappa shape index (κ1) is 16.7. The summed E-state index contributed by atoms with van der Waals surface area (Å²) >= 11 is 0. The van der Waals surface area contributed by atoms with Crippen LogP contribution in [-0.2, 0) is 26.5 Å². The molecular weight excluding hydrogens is 330 g/mol. The van der Waals surface area contributed by atoms with E-state index in [4.69, 9.17) is 14.2 Å². The predicted molar refractivity (Wildman–Crippen MR) is 96.5 cm³/mol. The lowest BCUT2D eigenvalue weighted by Crippen LogP contribution is -2.44. The van der Waals surface area contributed by atoms with Gasteiger partial charge < -0.3 is 14.2 Å². The Morgan fingerprint density at radius 1 is 1.19 bits per heavy atom. The van der Waals surface area contributed by atoms with Crippen molar-refractivity contribution in [3.05, 3.63) is 77.1 Å². The van der Waals surface area contributed by atoms with Crippen molar-refractivity contribution in [3.63, 3.8) is 0 Å². The molecular formula is C21H21NO4. The minimum Gasteiger partial charge on any atom is -0.497 e. The van der Waals surface area contributed by atoms with Crippen LogP contribution in [0.5, 0.6) is 5.75 Å². The zero-order valence-corrected chi connectivity index (χ0v) is 14.8. The van der Waals surface area contributed by atoms with Gasteiger partial charge in [-0.25, -0.2) is 4.79 Å². The van der Waals surface area contributed by atoms with Gasteiger partial charge >= 0.3 is 5.97 Å². The zero-order valence-electron chi connectivity index (χ0n) is 14.8. The Kier molecular flexibility index (Phi) is 4.17. The van der Waals surface area contributed by atoms with E-state index in [-0.39, 0.29) is 11.7 Å². The lowest BCUT2D eigenvalue weighted by Gasteiger charge is -2.38. The van der Waals surface area contributed by atoms with Gasteiger partial charge in [0.2, 0.25) is 5.76 Å². The second-order valence-corrected chi connectivity index (χ2v) is 6.55. The predicted octanol–water partition coefficient (Wildman–Crippen LogP) is 3.21. The molecule has 134 valence electrons. The molecule has 2 aliphatic heterocycles. The van der Waals surface area contributed by atoms with Crippen molar-refractivity contribution in [2.45, 2.75) is 24.6 Å². The van der Waals surface area contributed by atoms with Gasteiger partial charge in [-0.15, -0.1) is 0 Å². The molecule has 2 aromatic rings. The molecule has 2 heterocycles. The number of allylic oxidation sites excluding steroid dienone is 1. The summed E-state index contributed by atoms with van der Waals surface area (Å²) in [5, 5.41) is 3.47. The summed E-state index contributed by atoms with van der Waals surface area (Å²) in [4.78, 5) is 12.3. The first-order valence-electron chi connectivity index (χ1n) is 8.62. The van der Waals surface area contributed by atoms with Crippen LogP contribution in [-0.4, -0.2) is 20.2 Å². The Morgan fingerprint density at radius 3 is 2.85 bits per heavy atom. The van der Waals surface area contributed by atoms with Crippen molar-refractivity contribution < 1.29 is 19.0 Å². The van der Waals surface area contributed by atoms with Crippen molar-refractivity contribution in [2.75, 3.05) is 14.2 Å². The summed E-state index contributed by atoms with van der Waals surface area (Å²) in [5.74, 6) is 0.543. The second-order valence-electron chi connectivity index (χ2n) is 6.55. The highest BCUT2D eigenvalue weighted by molar-refractivity contribution is 5.86. The number of fused-ring (bicyclic) bond motifs is 2. The number of carbonyl (C=O) groups excluding carboxylic acids is 1. The summed E-state index contributed by atoms with van der Waals surface area (Å²) in [6, 6.07) is 16.0.